The second-order valence-corrected chi connectivity index (χ2v) is 9.74. The SMILES string of the molecule is CC(C)C(NS(=O)(=O)c1ccc(-c2ccc(N)cc2)cc1)C(=O)OC(C)(C)C. The molecule has 1 unspecified atom stereocenters. The van der Waals surface area contributed by atoms with Crippen molar-refractivity contribution in [2.45, 2.75) is 51.2 Å². The Morgan fingerprint density at radius 2 is 1.43 bits per heavy atom. The number of hydrogen-bond donors (Lipinski definition) is 2. The van der Waals surface area contributed by atoms with Crippen molar-refractivity contribution < 1.29 is 17.9 Å². The molecule has 1 atom stereocenters. The van der Waals surface area contributed by atoms with Crippen molar-refractivity contribution in [3.8, 4) is 11.1 Å². The molecule has 6 nitrogen and oxygen atoms in total. The summed E-state index contributed by atoms with van der Waals surface area (Å²) in [6, 6.07) is 12.8. The Bertz CT molecular complexity index is 912. The molecule has 0 bridgehead atoms. The van der Waals surface area contributed by atoms with Gasteiger partial charge in [-0.3, -0.25) is 4.79 Å². The van der Waals surface area contributed by atoms with Crippen LogP contribution in [0.2, 0.25) is 0 Å². The first-order chi connectivity index (χ1) is 12.9. The number of rotatable bonds is 6. The van der Waals surface area contributed by atoms with Crippen LogP contribution in [-0.4, -0.2) is 26.0 Å². The zero-order chi connectivity index (χ0) is 21.1. The molecule has 0 saturated heterocycles. The summed E-state index contributed by atoms with van der Waals surface area (Å²) < 4.78 is 33.4. The Kier molecular flexibility index (Phi) is 6.52. The molecule has 152 valence electrons. The number of nitrogens with one attached hydrogen (secondary N) is 1. The summed E-state index contributed by atoms with van der Waals surface area (Å²) in [5, 5.41) is 0. The molecule has 2 aromatic carbocycles. The Morgan fingerprint density at radius 3 is 1.86 bits per heavy atom. The zero-order valence-corrected chi connectivity index (χ0v) is 17.7. The molecule has 0 heterocycles. The molecule has 0 saturated carbocycles. The minimum atomic E-state index is -3.88. The number of nitrogen functional groups attached to an aromatic ring is 1. The Labute approximate surface area is 167 Å². The topological polar surface area (TPSA) is 98.5 Å². The van der Waals surface area contributed by atoms with Crippen LogP contribution in [0.1, 0.15) is 34.6 Å². The molecular weight excluding hydrogens is 376 g/mol. The molecule has 0 spiro atoms. The smallest absolute Gasteiger partial charge is 0.324 e. The Balaban J connectivity index is 2.22. The van der Waals surface area contributed by atoms with Gasteiger partial charge >= 0.3 is 5.97 Å². The van der Waals surface area contributed by atoms with Crippen molar-refractivity contribution in [2.75, 3.05) is 5.73 Å². The van der Waals surface area contributed by atoms with E-state index in [2.05, 4.69) is 4.72 Å². The van der Waals surface area contributed by atoms with Gasteiger partial charge in [-0.05, 0) is 62.1 Å². The molecule has 0 aliphatic carbocycles. The fourth-order valence-electron chi connectivity index (χ4n) is 2.56. The monoisotopic (exact) mass is 404 g/mol. The summed E-state index contributed by atoms with van der Waals surface area (Å²) in [5.74, 6) is -0.858. The maximum atomic E-state index is 12.8. The number of esters is 1. The van der Waals surface area contributed by atoms with Crippen molar-refractivity contribution in [2.24, 2.45) is 5.92 Å². The molecule has 0 radical (unpaired) electrons. The van der Waals surface area contributed by atoms with Gasteiger partial charge in [-0.1, -0.05) is 38.1 Å². The van der Waals surface area contributed by atoms with Crippen LogP contribution >= 0.6 is 0 Å². The number of benzene rings is 2. The first kappa shape index (κ1) is 21.9. The number of ether oxygens (including phenoxy) is 1. The average Bonchev–Trinajstić information content (AvgIpc) is 2.59. The number of carbonyl (C=O) groups is 1. The normalized spacial score (nSPS) is 13.4. The van der Waals surface area contributed by atoms with Gasteiger partial charge < -0.3 is 10.5 Å². The predicted octanol–water partition coefficient (Wildman–Crippen LogP) is 3.58. The van der Waals surface area contributed by atoms with E-state index in [-0.39, 0.29) is 10.8 Å². The summed E-state index contributed by atoms with van der Waals surface area (Å²) >= 11 is 0. The van der Waals surface area contributed by atoms with Gasteiger partial charge in [-0.2, -0.15) is 4.72 Å². The van der Waals surface area contributed by atoms with E-state index in [1.165, 1.54) is 12.1 Å². The van der Waals surface area contributed by atoms with Crippen LogP contribution in [-0.2, 0) is 19.6 Å². The van der Waals surface area contributed by atoms with Crippen LogP contribution in [0.25, 0.3) is 11.1 Å². The molecule has 0 aromatic heterocycles. The Hall–Kier alpha value is -2.38. The quantitative estimate of drug-likeness (QED) is 0.566. The van der Waals surface area contributed by atoms with Gasteiger partial charge in [0, 0.05) is 5.69 Å². The van der Waals surface area contributed by atoms with Crippen LogP contribution < -0.4 is 10.5 Å². The molecular formula is C21H28N2O4S. The maximum Gasteiger partial charge on any atom is 0.324 e. The van der Waals surface area contributed by atoms with E-state index < -0.39 is 27.6 Å². The molecule has 0 aliphatic heterocycles. The molecule has 2 rings (SSSR count). The highest BCUT2D eigenvalue weighted by atomic mass is 32.2. The minimum Gasteiger partial charge on any atom is -0.459 e. The van der Waals surface area contributed by atoms with E-state index in [9.17, 15) is 13.2 Å². The fourth-order valence-corrected chi connectivity index (χ4v) is 3.89. The summed E-state index contributed by atoms with van der Waals surface area (Å²) in [6.07, 6.45) is 0. The summed E-state index contributed by atoms with van der Waals surface area (Å²) in [7, 11) is -3.88. The molecule has 7 heteroatoms. The van der Waals surface area contributed by atoms with E-state index in [1.54, 1.807) is 58.9 Å². The largest absolute Gasteiger partial charge is 0.459 e. The molecule has 0 amide bonds. The lowest BCUT2D eigenvalue weighted by Crippen LogP contribution is -2.47. The van der Waals surface area contributed by atoms with E-state index in [0.717, 1.165) is 11.1 Å². The zero-order valence-electron chi connectivity index (χ0n) is 16.9. The standard InChI is InChI=1S/C21H28N2O4S/c1-14(2)19(20(24)27-21(3,4)5)23-28(25,26)18-12-8-16(9-13-18)15-6-10-17(22)11-7-15/h6-14,19,23H,22H2,1-5H3. The third kappa shape index (κ3) is 5.81. The number of anilines is 1. The van der Waals surface area contributed by atoms with Crippen LogP contribution in [0.5, 0.6) is 0 Å². The van der Waals surface area contributed by atoms with Gasteiger partial charge in [0.1, 0.15) is 11.6 Å². The third-order valence-electron chi connectivity index (χ3n) is 4.02. The number of carbonyl (C=O) groups excluding carboxylic acids is 1. The van der Waals surface area contributed by atoms with Crippen molar-refractivity contribution in [3.05, 3.63) is 48.5 Å². The number of sulfonamides is 1. The highest BCUT2D eigenvalue weighted by Gasteiger charge is 2.32. The lowest BCUT2D eigenvalue weighted by molar-refractivity contribution is -0.158. The molecule has 2 aromatic rings. The van der Waals surface area contributed by atoms with E-state index in [0.29, 0.717) is 5.69 Å². The van der Waals surface area contributed by atoms with Gasteiger partial charge in [0.25, 0.3) is 0 Å². The fraction of sp³-hybridized carbons (Fsp3) is 0.381. The summed E-state index contributed by atoms with van der Waals surface area (Å²) in [4.78, 5) is 12.5. The van der Waals surface area contributed by atoms with Gasteiger partial charge in [0.05, 0.1) is 4.90 Å². The molecule has 3 N–H and O–H groups in total. The van der Waals surface area contributed by atoms with Gasteiger partial charge in [0.15, 0.2) is 0 Å². The van der Waals surface area contributed by atoms with Crippen molar-refractivity contribution in [1.29, 1.82) is 0 Å². The molecule has 0 fully saturated rings. The van der Waals surface area contributed by atoms with E-state index in [1.807, 2.05) is 12.1 Å². The second kappa shape index (κ2) is 8.32. The lowest BCUT2D eigenvalue weighted by atomic mass is 10.1. The van der Waals surface area contributed by atoms with Gasteiger partial charge in [-0.25, -0.2) is 8.42 Å². The minimum absolute atomic E-state index is 0.0842. The predicted molar refractivity (Wildman–Crippen MR) is 111 cm³/mol. The first-order valence-electron chi connectivity index (χ1n) is 9.10. The molecule has 28 heavy (non-hydrogen) atoms. The van der Waals surface area contributed by atoms with Gasteiger partial charge in [0.2, 0.25) is 10.0 Å². The van der Waals surface area contributed by atoms with Crippen LogP contribution in [0.15, 0.2) is 53.4 Å². The summed E-state index contributed by atoms with van der Waals surface area (Å²) in [5.41, 5.74) is 7.45. The third-order valence-corrected chi connectivity index (χ3v) is 5.48. The highest BCUT2D eigenvalue weighted by molar-refractivity contribution is 7.89. The Morgan fingerprint density at radius 1 is 0.964 bits per heavy atom. The van der Waals surface area contributed by atoms with Crippen LogP contribution in [0.4, 0.5) is 5.69 Å². The number of nitrogens with two attached hydrogens (primary N) is 1. The molecule has 0 aliphatic rings. The lowest BCUT2D eigenvalue weighted by Gasteiger charge is -2.26. The van der Waals surface area contributed by atoms with E-state index in [4.69, 9.17) is 10.5 Å². The second-order valence-electron chi connectivity index (χ2n) is 8.02. The first-order valence-corrected chi connectivity index (χ1v) is 10.6. The number of hydrogen-bond acceptors (Lipinski definition) is 5. The maximum absolute atomic E-state index is 12.8. The van der Waals surface area contributed by atoms with E-state index >= 15 is 0 Å². The van der Waals surface area contributed by atoms with Crippen LogP contribution in [0.3, 0.4) is 0 Å². The van der Waals surface area contributed by atoms with Crippen molar-refractivity contribution >= 4 is 21.7 Å². The van der Waals surface area contributed by atoms with Crippen molar-refractivity contribution in [3.63, 3.8) is 0 Å². The highest BCUT2D eigenvalue weighted by Crippen LogP contribution is 2.23. The van der Waals surface area contributed by atoms with Gasteiger partial charge in [-0.15, -0.1) is 0 Å². The average molecular weight is 405 g/mol. The summed E-state index contributed by atoms with van der Waals surface area (Å²) in [6.45, 7) is 8.76. The van der Waals surface area contributed by atoms with Crippen molar-refractivity contribution in [1.82, 2.24) is 4.72 Å². The van der Waals surface area contributed by atoms with Crippen LogP contribution in [0, 0.1) is 5.92 Å².